The lowest BCUT2D eigenvalue weighted by atomic mass is 10.0. The maximum absolute atomic E-state index is 9.41. The summed E-state index contributed by atoms with van der Waals surface area (Å²) >= 11 is 0. The van der Waals surface area contributed by atoms with Crippen LogP contribution >= 0.6 is 0 Å². The summed E-state index contributed by atoms with van der Waals surface area (Å²) in [5.74, 6) is 0. The Morgan fingerprint density at radius 1 is 1.12 bits per heavy atom. The number of nitrogens with zero attached hydrogens (tertiary/aromatic N) is 2. The van der Waals surface area contributed by atoms with Crippen LogP contribution in [0.5, 0.6) is 0 Å². The molecule has 1 aliphatic rings. The van der Waals surface area contributed by atoms with Gasteiger partial charge in [-0.1, -0.05) is 30.3 Å². The molecule has 3 N–H and O–H groups in total. The molecule has 0 bridgehead atoms. The molecule has 1 aromatic heterocycles. The molecular formula is C20H23N3O. The highest BCUT2D eigenvalue weighted by molar-refractivity contribution is 5.86. The molecule has 0 aliphatic carbocycles. The number of aliphatic hydroxyl groups excluding tert-OH is 1. The predicted molar refractivity (Wildman–Crippen MR) is 96.3 cm³/mol. The van der Waals surface area contributed by atoms with Crippen molar-refractivity contribution in [2.45, 2.75) is 25.7 Å². The minimum atomic E-state index is -0.325. The Kier molecular flexibility index (Phi) is 3.88. The molecule has 0 saturated carbocycles. The third-order valence-corrected chi connectivity index (χ3v) is 4.97. The first-order valence-electron chi connectivity index (χ1n) is 8.39. The SMILES string of the molecule is Cn1cc(C(N)CO)c2cc3c(cc21)CN(Cc1ccccc1)C3. The zero-order chi connectivity index (χ0) is 16.7. The molecule has 0 amide bonds. The molecular weight excluding hydrogens is 298 g/mol. The molecule has 1 atom stereocenters. The van der Waals surface area contributed by atoms with Gasteiger partial charge in [-0.25, -0.2) is 0 Å². The minimum Gasteiger partial charge on any atom is -0.394 e. The van der Waals surface area contributed by atoms with Crippen LogP contribution < -0.4 is 5.73 Å². The molecule has 4 heteroatoms. The number of hydrogen-bond acceptors (Lipinski definition) is 3. The van der Waals surface area contributed by atoms with Crippen LogP contribution in [-0.2, 0) is 26.7 Å². The fourth-order valence-electron chi connectivity index (χ4n) is 3.73. The fraction of sp³-hybridized carbons (Fsp3) is 0.300. The van der Waals surface area contributed by atoms with Gasteiger partial charge < -0.3 is 15.4 Å². The number of rotatable bonds is 4. The van der Waals surface area contributed by atoms with Gasteiger partial charge in [-0.3, -0.25) is 4.90 Å². The summed E-state index contributed by atoms with van der Waals surface area (Å²) in [6, 6.07) is 14.8. The predicted octanol–water partition coefficient (Wildman–Crippen LogP) is 2.69. The van der Waals surface area contributed by atoms with Crippen molar-refractivity contribution in [1.29, 1.82) is 0 Å². The molecule has 4 rings (SSSR count). The molecule has 2 heterocycles. The summed E-state index contributed by atoms with van der Waals surface area (Å²) in [4.78, 5) is 2.46. The molecule has 3 aromatic rings. The molecule has 124 valence electrons. The fourth-order valence-corrected chi connectivity index (χ4v) is 3.73. The first-order valence-corrected chi connectivity index (χ1v) is 8.39. The second-order valence-corrected chi connectivity index (χ2v) is 6.75. The van der Waals surface area contributed by atoms with Crippen LogP contribution in [0.15, 0.2) is 48.7 Å². The van der Waals surface area contributed by atoms with Crippen molar-refractivity contribution in [1.82, 2.24) is 9.47 Å². The van der Waals surface area contributed by atoms with E-state index in [2.05, 4.69) is 51.9 Å². The van der Waals surface area contributed by atoms with E-state index in [0.29, 0.717) is 0 Å². The number of benzene rings is 2. The van der Waals surface area contributed by atoms with Gasteiger partial charge in [0.05, 0.1) is 12.6 Å². The zero-order valence-corrected chi connectivity index (χ0v) is 13.9. The molecule has 1 aliphatic heterocycles. The van der Waals surface area contributed by atoms with E-state index in [-0.39, 0.29) is 12.6 Å². The van der Waals surface area contributed by atoms with Gasteiger partial charge in [-0.15, -0.1) is 0 Å². The van der Waals surface area contributed by atoms with Gasteiger partial charge in [0, 0.05) is 43.8 Å². The average Bonchev–Trinajstić information content (AvgIpc) is 3.13. The summed E-state index contributed by atoms with van der Waals surface area (Å²) in [5.41, 5.74) is 12.4. The van der Waals surface area contributed by atoms with Crippen molar-refractivity contribution in [3.63, 3.8) is 0 Å². The molecule has 0 saturated heterocycles. The smallest absolute Gasteiger partial charge is 0.0625 e. The number of aromatic nitrogens is 1. The van der Waals surface area contributed by atoms with Gasteiger partial charge in [-0.2, -0.15) is 0 Å². The summed E-state index contributed by atoms with van der Waals surface area (Å²) in [5, 5.41) is 10.6. The Bertz CT molecular complexity index is 869. The highest BCUT2D eigenvalue weighted by Crippen LogP contribution is 2.32. The third kappa shape index (κ3) is 2.63. The van der Waals surface area contributed by atoms with Crippen LogP contribution in [0.3, 0.4) is 0 Å². The summed E-state index contributed by atoms with van der Waals surface area (Å²) in [6.45, 7) is 2.88. The van der Waals surface area contributed by atoms with E-state index < -0.39 is 0 Å². The topological polar surface area (TPSA) is 54.4 Å². The van der Waals surface area contributed by atoms with Crippen molar-refractivity contribution in [2.24, 2.45) is 12.8 Å². The molecule has 24 heavy (non-hydrogen) atoms. The van der Waals surface area contributed by atoms with E-state index in [1.54, 1.807) is 0 Å². The molecule has 4 nitrogen and oxygen atoms in total. The van der Waals surface area contributed by atoms with Crippen LogP contribution in [0.4, 0.5) is 0 Å². The normalized spacial score (nSPS) is 15.8. The monoisotopic (exact) mass is 321 g/mol. The van der Waals surface area contributed by atoms with Crippen molar-refractivity contribution in [2.75, 3.05) is 6.61 Å². The van der Waals surface area contributed by atoms with E-state index in [4.69, 9.17) is 5.73 Å². The first kappa shape index (κ1) is 15.4. The van der Waals surface area contributed by atoms with Gasteiger partial charge >= 0.3 is 0 Å². The summed E-state index contributed by atoms with van der Waals surface area (Å²) in [7, 11) is 2.04. The van der Waals surface area contributed by atoms with Gasteiger partial charge in [0.2, 0.25) is 0 Å². The Balaban J connectivity index is 1.65. The average molecular weight is 321 g/mol. The van der Waals surface area contributed by atoms with Crippen molar-refractivity contribution in [3.05, 3.63) is 70.9 Å². The van der Waals surface area contributed by atoms with Crippen LogP contribution in [0, 0.1) is 0 Å². The molecule has 1 unspecified atom stereocenters. The lowest BCUT2D eigenvalue weighted by Gasteiger charge is -2.14. The number of nitrogens with two attached hydrogens (primary N) is 1. The molecule has 0 spiro atoms. The summed E-state index contributed by atoms with van der Waals surface area (Å²) in [6.07, 6.45) is 2.04. The first-order chi connectivity index (χ1) is 11.7. The van der Waals surface area contributed by atoms with E-state index in [0.717, 1.165) is 25.2 Å². The zero-order valence-electron chi connectivity index (χ0n) is 13.9. The van der Waals surface area contributed by atoms with E-state index in [1.807, 2.05) is 13.2 Å². The molecule has 0 radical (unpaired) electrons. The van der Waals surface area contributed by atoms with E-state index >= 15 is 0 Å². The quantitative estimate of drug-likeness (QED) is 0.777. The summed E-state index contributed by atoms with van der Waals surface area (Å²) < 4.78 is 2.11. The van der Waals surface area contributed by atoms with Gasteiger partial charge in [0.25, 0.3) is 0 Å². The Labute approximate surface area is 142 Å². The van der Waals surface area contributed by atoms with Crippen molar-refractivity contribution < 1.29 is 5.11 Å². The van der Waals surface area contributed by atoms with Gasteiger partial charge in [-0.05, 0) is 34.4 Å². The number of aliphatic hydroxyl groups is 1. The number of hydrogen-bond donors (Lipinski definition) is 2. The van der Waals surface area contributed by atoms with E-state index in [9.17, 15) is 5.11 Å². The van der Waals surface area contributed by atoms with Crippen molar-refractivity contribution >= 4 is 10.9 Å². The maximum Gasteiger partial charge on any atom is 0.0625 e. The van der Waals surface area contributed by atoms with Gasteiger partial charge in [0.1, 0.15) is 0 Å². The van der Waals surface area contributed by atoms with E-state index in [1.165, 1.54) is 27.6 Å². The Morgan fingerprint density at radius 2 is 1.83 bits per heavy atom. The van der Waals surface area contributed by atoms with Crippen LogP contribution in [-0.4, -0.2) is 21.2 Å². The van der Waals surface area contributed by atoms with Crippen LogP contribution in [0.25, 0.3) is 10.9 Å². The standard InChI is InChI=1S/C20H23N3O/c1-22-12-18(19(21)13-24)17-7-15-10-23(11-16(15)8-20(17)22)9-14-5-3-2-4-6-14/h2-8,12,19,24H,9-11,13,21H2,1H3. The lowest BCUT2D eigenvalue weighted by molar-refractivity contribution is 0.268. The minimum absolute atomic E-state index is 0.0314. The number of fused-ring (bicyclic) bond motifs is 2. The number of aryl methyl sites for hydroxylation is 1. The van der Waals surface area contributed by atoms with Crippen LogP contribution in [0.1, 0.15) is 28.3 Å². The Morgan fingerprint density at radius 3 is 2.54 bits per heavy atom. The molecule has 2 aromatic carbocycles. The third-order valence-electron chi connectivity index (χ3n) is 4.97. The Hall–Kier alpha value is -2.14. The highest BCUT2D eigenvalue weighted by Gasteiger charge is 2.22. The second kappa shape index (κ2) is 6.06. The largest absolute Gasteiger partial charge is 0.394 e. The maximum atomic E-state index is 9.41. The lowest BCUT2D eigenvalue weighted by Crippen LogP contribution is -2.15. The second-order valence-electron chi connectivity index (χ2n) is 6.75. The molecule has 0 fully saturated rings. The highest BCUT2D eigenvalue weighted by atomic mass is 16.3. The van der Waals surface area contributed by atoms with Crippen molar-refractivity contribution in [3.8, 4) is 0 Å². The van der Waals surface area contributed by atoms with Gasteiger partial charge in [0.15, 0.2) is 0 Å². The van der Waals surface area contributed by atoms with Crippen LogP contribution in [0.2, 0.25) is 0 Å².